The molecule has 0 fully saturated rings. The number of fused-ring (bicyclic) bond motifs is 1. The highest BCUT2D eigenvalue weighted by atomic mass is 16.3. The van der Waals surface area contributed by atoms with Crippen LogP contribution < -0.4 is 5.32 Å². The molecule has 0 saturated heterocycles. The van der Waals surface area contributed by atoms with Crippen molar-refractivity contribution >= 4 is 17.0 Å². The first kappa shape index (κ1) is 16.3. The van der Waals surface area contributed by atoms with Crippen molar-refractivity contribution < 1.29 is 5.11 Å². The van der Waals surface area contributed by atoms with Crippen LogP contribution in [0.15, 0.2) is 60.8 Å². The van der Waals surface area contributed by atoms with E-state index in [1.54, 1.807) is 17.9 Å². The number of hydrogen-bond acceptors (Lipinski definition) is 5. The fourth-order valence-corrected chi connectivity index (χ4v) is 2.82. The van der Waals surface area contributed by atoms with Gasteiger partial charge in [0.1, 0.15) is 5.69 Å². The fraction of sp³-hybridized carbons (Fsp3) is 0.211. The second-order valence-corrected chi connectivity index (χ2v) is 6.20. The molecule has 0 spiro atoms. The maximum Gasteiger partial charge on any atom is 0.204 e. The second kappa shape index (κ2) is 6.97. The zero-order chi connectivity index (χ0) is 17.9. The van der Waals surface area contributed by atoms with Gasteiger partial charge in [-0.1, -0.05) is 30.3 Å². The summed E-state index contributed by atoms with van der Waals surface area (Å²) >= 11 is 0. The van der Waals surface area contributed by atoms with Crippen molar-refractivity contribution in [2.24, 2.45) is 0 Å². The molecule has 0 aliphatic rings. The molecule has 2 aromatic carbocycles. The molecule has 7 heteroatoms. The van der Waals surface area contributed by atoms with E-state index in [4.69, 9.17) is 0 Å². The van der Waals surface area contributed by atoms with Gasteiger partial charge in [-0.2, -0.15) is 15.0 Å². The Labute approximate surface area is 150 Å². The van der Waals surface area contributed by atoms with E-state index in [0.29, 0.717) is 19.0 Å². The number of benzene rings is 2. The number of rotatable bonds is 6. The van der Waals surface area contributed by atoms with Gasteiger partial charge in [0.05, 0.1) is 35.6 Å². The summed E-state index contributed by atoms with van der Waals surface area (Å²) in [5.41, 5.74) is 3.66. The van der Waals surface area contributed by atoms with E-state index in [9.17, 15) is 5.11 Å². The Morgan fingerprint density at radius 3 is 2.65 bits per heavy atom. The summed E-state index contributed by atoms with van der Waals surface area (Å²) < 4.78 is 2.05. The zero-order valence-corrected chi connectivity index (χ0v) is 14.4. The van der Waals surface area contributed by atoms with Gasteiger partial charge in [-0.15, -0.1) is 0 Å². The van der Waals surface area contributed by atoms with Crippen LogP contribution in [0.25, 0.3) is 16.7 Å². The molecule has 4 rings (SSSR count). The number of nitrogens with zero attached hydrogens (tertiary/aromatic N) is 5. The number of aliphatic hydroxyl groups excluding tert-OH is 1. The molecule has 0 aliphatic heterocycles. The van der Waals surface area contributed by atoms with Crippen LogP contribution in [0, 0.1) is 0 Å². The minimum Gasteiger partial charge on any atom is -0.392 e. The summed E-state index contributed by atoms with van der Waals surface area (Å²) in [5, 5.41) is 21.7. The first-order chi connectivity index (χ1) is 12.7. The van der Waals surface area contributed by atoms with Gasteiger partial charge in [-0.3, -0.25) is 0 Å². The molecule has 1 unspecified atom stereocenters. The minimum atomic E-state index is -0.456. The highest BCUT2D eigenvalue weighted by molar-refractivity contribution is 5.78. The van der Waals surface area contributed by atoms with Crippen LogP contribution in [-0.4, -0.2) is 42.3 Å². The molecule has 2 N–H and O–H groups in total. The Balaban J connectivity index is 1.66. The highest BCUT2D eigenvalue weighted by Gasteiger charge is 2.13. The van der Waals surface area contributed by atoms with Crippen molar-refractivity contribution in [2.75, 3.05) is 11.9 Å². The number of aliphatic hydroxyl groups is 1. The van der Waals surface area contributed by atoms with Crippen LogP contribution in [0.2, 0.25) is 0 Å². The third-order valence-electron chi connectivity index (χ3n) is 4.06. The number of hydrogen-bond donors (Lipinski definition) is 2. The van der Waals surface area contributed by atoms with E-state index >= 15 is 0 Å². The number of anilines is 1. The Morgan fingerprint density at radius 1 is 1.08 bits per heavy atom. The topological polar surface area (TPSA) is 80.8 Å². The lowest BCUT2D eigenvalue weighted by molar-refractivity contribution is 0.208. The Bertz CT molecular complexity index is 1010. The van der Waals surface area contributed by atoms with Gasteiger partial charge < -0.3 is 15.0 Å². The van der Waals surface area contributed by atoms with Gasteiger partial charge in [0.2, 0.25) is 5.95 Å². The van der Waals surface area contributed by atoms with E-state index in [2.05, 4.69) is 25.1 Å². The first-order valence-electron chi connectivity index (χ1n) is 8.54. The molecule has 1 atom stereocenters. The van der Waals surface area contributed by atoms with Crippen LogP contribution in [0.1, 0.15) is 12.6 Å². The summed E-state index contributed by atoms with van der Waals surface area (Å²) in [6.07, 6.45) is 1.31. The molecule has 7 nitrogen and oxygen atoms in total. The second-order valence-electron chi connectivity index (χ2n) is 6.20. The SMILES string of the molecule is CC(O)CNc1nc2ccccc2n1Cc1cnn(-c2ccccc2)n1. The number of imidazole rings is 1. The van der Waals surface area contributed by atoms with Crippen molar-refractivity contribution in [3.05, 3.63) is 66.5 Å². The van der Waals surface area contributed by atoms with Gasteiger partial charge in [0, 0.05) is 6.54 Å². The number of para-hydroxylation sites is 3. The molecule has 2 heterocycles. The number of nitrogens with one attached hydrogen (secondary N) is 1. The Morgan fingerprint density at radius 2 is 1.85 bits per heavy atom. The normalized spacial score (nSPS) is 12.4. The smallest absolute Gasteiger partial charge is 0.204 e. The van der Waals surface area contributed by atoms with Crippen LogP contribution >= 0.6 is 0 Å². The molecule has 4 aromatic rings. The Hall–Kier alpha value is -3.19. The van der Waals surface area contributed by atoms with Crippen molar-refractivity contribution in [2.45, 2.75) is 19.6 Å². The van der Waals surface area contributed by atoms with Gasteiger partial charge in [-0.05, 0) is 31.2 Å². The molecule has 26 heavy (non-hydrogen) atoms. The maximum absolute atomic E-state index is 9.57. The zero-order valence-electron chi connectivity index (χ0n) is 14.4. The fourth-order valence-electron chi connectivity index (χ4n) is 2.82. The summed E-state index contributed by atoms with van der Waals surface area (Å²) in [6, 6.07) is 17.8. The third-order valence-corrected chi connectivity index (χ3v) is 4.06. The lowest BCUT2D eigenvalue weighted by atomic mass is 10.3. The van der Waals surface area contributed by atoms with Crippen molar-refractivity contribution in [3.63, 3.8) is 0 Å². The summed E-state index contributed by atoms with van der Waals surface area (Å²) in [6.45, 7) is 2.71. The average Bonchev–Trinajstić information content (AvgIpc) is 3.26. The molecule has 0 amide bonds. The molecule has 0 saturated carbocycles. The standard InChI is InChI=1S/C19H20N6O/c1-14(26)11-20-19-22-17-9-5-6-10-18(17)24(19)13-15-12-21-25(23-15)16-7-3-2-4-8-16/h2-10,12,14,26H,11,13H2,1H3,(H,20,22). The lowest BCUT2D eigenvalue weighted by Crippen LogP contribution is -2.18. The quantitative estimate of drug-likeness (QED) is 0.559. The predicted molar refractivity (Wildman–Crippen MR) is 100 cm³/mol. The molecule has 0 aliphatic carbocycles. The third kappa shape index (κ3) is 3.29. The van der Waals surface area contributed by atoms with Crippen molar-refractivity contribution in [1.29, 1.82) is 0 Å². The van der Waals surface area contributed by atoms with E-state index in [-0.39, 0.29) is 0 Å². The van der Waals surface area contributed by atoms with Crippen molar-refractivity contribution in [1.82, 2.24) is 24.5 Å². The van der Waals surface area contributed by atoms with Gasteiger partial charge >= 0.3 is 0 Å². The van der Waals surface area contributed by atoms with E-state index < -0.39 is 6.10 Å². The molecule has 132 valence electrons. The molecule has 0 radical (unpaired) electrons. The first-order valence-corrected chi connectivity index (χ1v) is 8.54. The largest absolute Gasteiger partial charge is 0.392 e. The van der Waals surface area contributed by atoms with Gasteiger partial charge in [-0.25, -0.2) is 4.98 Å². The molecule has 2 aromatic heterocycles. The summed E-state index contributed by atoms with van der Waals surface area (Å²) in [7, 11) is 0. The van der Waals surface area contributed by atoms with E-state index in [1.807, 2.05) is 54.6 Å². The van der Waals surface area contributed by atoms with Crippen LogP contribution in [-0.2, 0) is 6.54 Å². The minimum absolute atomic E-state index is 0.431. The maximum atomic E-state index is 9.57. The van der Waals surface area contributed by atoms with Crippen LogP contribution in [0.4, 0.5) is 5.95 Å². The lowest BCUT2D eigenvalue weighted by Gasteiger charge is -2.10. The Kier molecular flexibility index (Phi) is 4.37. The van der Waals surface area contributed by atoms with E-state index in [0.717, 1.165) is 22.4 Å². The van der Waals surface area contributed by atoms with Gasteiger partial charge in [0.25, 0.3) is 0 Å². The molecule has 0 bridgehead atoms. The van der Waals surface area contributed by atoms with Crippen LogP contribution in [0.3, 0.4) is 0 Å². The van der Waals surface area contributed by atoms with E-state index in [1.165, 1.54) is 0 Å². The van der Waals surface area contributed by atoms with Crippen molar-refractivity contribution in [3.8, 4) is 5.69 Å². The molecular formula is C19H20N6O. The predicted octanol–water partition coefficient (Wildman–Crippen LogP) is 2.46. The summed E-state index contributed by atoms with van der Waals surface area (Å²) in [4.78, 5) is 6.25. The highest BCUT2D eigenvalue weighted by Crippen LogP contribution is 2.21. The molecular weight excluding hydrogens is 328 g/mol. The number of aromatic nitrogens is 5. The average molecular weight is 348 g/mol. The summed E-state index contributed by atoms with van der Waals surface area (Å²) in [5.74, 6) is 0.710. The van der Waals surface area contributed by atoms with Crippen LogP contribution in [0.5, 0.6) is 0 Å². The van der Waals surface area contributed by atoms with Gasteiger partial charge in [0.15, 0.2) is 0 Å². The monoisotopic (exact) mass is 348 g/mol.